The number of carbonyl (C=O) groups is 1. The predicted molar refractivity (Wildman–Crippen MR) is 66.4 cm³/mol. The molecule has 3 aromatic rings. The van der Waals surface area contributed by atoms with Crippen molar-refractivity contribution in [3.63, 3.8) is 0 Å². The largest absolute Gasteiger partial charge is 0.296 e. The third kappa shape index (κ3) is 1.55. The van der Waals surface area contributed by atoms with Gasteiger partial charge in [-0.3, -0.25) is 4.79 Å². The van der Waals surface area contributed by atoms with E-state index in [2.05, 4.69) is 16.1 Å². The molecule has 17 heavy (non-hydrogen) atoms. The Labute approximate surface area is 102 Å². The van der Waals surface area contributed by atoms with Crippen molar-refractivity contribution in [2.24, 2.45) is 0 Å². The number of carbonyl (C=O) groups excluding carboxylic acids is 1. The molecule has 0 aliphatic carbocycles. The number of hydrogen-bond acceptors (Lipinski definition) is 4. The van der Waals surface area contributed by atoms with Crippen LogP contribution in [0, 0.1) is 6.92 Å². The second-order valence-corrected chi connectivity index (χ2v) is 4.64. The smallest absolute Gasteiger partial charge is 0.170 e. The highest BCUT2D eigenvalue weighted by Gasteiger charge is 2.08. The zero-order valence-electron chi connectivity index (χ0n) is 9.12. The molecule has 0 atom stereocenters. The molecule has 0 bridgehead atoms. The highest BCUT2D eigenvalue weighted by molar-refractivity contribution is 7.13. The van der Waals surface area contributed by atoms with Gasteiger partial charge in [0.15, 0.2) is 11.9 Å². The number of thiophene rings is 1. The molecule has 5 heteroatoms. The SMILES string of the molecule is Cc1ccsc1-c1ccc2ncc(C=O)n2n1. The number of rotatable bonds is 2. The molecule has 0 radical (unpaired) electrons. The predicted octanol–water partition coefficient (Wildman–Crippen LogP) is 2.58. The maximum absolute atomic E-state index is 10.8. The zero-order valence-corrected chi connectivity index (χ0v) is 9.94. The molecule has 0 amide bonds. The third-order valence-electron chi connectivity index (χ3n) is 2.60. The normalized spacial score (nSPS) is 10.9. The summed E-state index contributed by atoms with van der Waals surface area (Å²) in [6.45, 7) is 2.05. The second-order valence-electron chi connectivity index (χ2n) is 3.72. The number of nitrogens with zero attached hydrogens (tertiary/aromatic N) is 3. The van der Waals surface area contributed by atoms with Gasteiger partial charge in [-0.15, -0.1) is 11.3 Å². The molecular formula is C12H9N3OS. The number of imidazole rings is 1. The monoisotopic (exact) mass is 243 g/mol. The topological polar surface area (TPSA) is 47.3 Å². The lowest BCUT2D eigenvalue weighted by molar-refractivity contribution is 0.111. The molecule has 0 saturated heterocycles. The van der Waals surface area contributed by atoms with Crippen LogP contribution in [0.25, 0.3) is 16.2 Å². The van der Waals surface area contributed by atoms with Gasteiger partial charge in [0, 0.05) is 0 Å². The van der Waals surface area contributed by atoms with E-state index in [0.717, 1.165) is 16.9 Å². The van der Waals surface area contributed by atoms with E-state index in [1.165, 1.54) is 11.8 Å². The van der Waals surface area contributed by atoms with Gasteiger partial charge < -0.3 is 0 Å². The molecule has 0 aliphatic rings. The minimum atomic E-state index is 0.469. The molecule has 3 rings (SSSR count). The first-order chi connectivity index (χ1) is 8.29. The average Bonchev–Trinajstić information content (AvgIpc) is 2.93. The number of hydrogen-bond donors (Lipinski definition) is 0. The Bertz CT molecular complexity index is 699. The molecule has 3 heterocycles. The van der Waals surface area contributed by atoms with Crippen LogP contribution < -0.4 is 0 Å². The van der Waals surface area contributed by atoms with Crippen LogP contribution in [-0.4, -0.2) is 20.9 Å². The first-order valence-corrected chi connectivity index (χ1v) is 6.02. The highest BCUT2D eigenvalue weighted by atomic mass is 32.1. The van der Waals surface area contributed by atoms with E-state index in [1.54, 1.807) is 15.9 Å². The Morgan fingerprint density at radius 2 is 2.24 bits per heavy atom. The van der Waals surface area contributed by atoms with Crippen LogP contribution in [0.15, 0.2) is 29.8 Å². The fraction of sp³-hybridized carbons (Fsp3) is 0.0833. The Morgan fingerprint density at radius 3 is 2.94 bits per heavy atom. The van der Waals surface area contributed by atoms with E-state index in [1.807, 2.05) is 24.4 Å². The lowest BCUT2D eigenvalue weighted by atomic mass is 10.2. The van der Waals surface area contributed by atoms with Crippen LogP contribution in [0.1, 0.15) is 16.1 Å². The van der Waals surface area contributed by atoms with Gasteiger partial charge in [-0.2, -0.15) is 5.10 Å². The molecular weight excluding hydrogens is 234 g/mol. The minimum Gasteiger partial charge on any atom is -0.296 e. The Hall–Kier alpha value is -2.01. The summed E-state index contributed by atoms with van der Waals surface area (Å²) in [5, 5.41) is 6.48. The van der Waals surface area contributed by atoms with Gasteiger partial charge in [-0.05, 0) is 36.1 Å². The molecule has 0 aromatic carbocycles. The number of aromatic nitrogens is 3. The number of aldehydes is 1. The van der Waals surface area contributed by atoms with Crippen LogP contribution in [0.3, 0.4) is 0 Å². The van der Waals surface area contributed by atoms with Crippen molar-refractivity contribution in [2.75, 3.05) is 0 Å². The molecule has 0 aliphatic heterocycles. The van der Waals surface area contributed by atoms with E-state index in [4.69, 9.17) is 0 Å². The van der Waals surface area contributed by atoms with Gasteiger partial charge in [-0.1, -0.05) is 0 Å². The second kappa shape index (κ2) is 3.78. The van der Waals surface area contributed by atoms with Crippen molar-refractivity contribution < 1.29 is 4.79 Å². The fourth-order valence-electron chi connectivity index (χ4n) is 1.73. The summed E-state index contributed by atoms with van der Waals surface area (Å²) in [5.74, 6) is 0. The molecule has 3 aromatic heterocycles. The van der Waals surface area contributed by atoms with E-state index in [-0.39, 0.29) is 0 Å². The van der Waals surface area contributed by atoms with Crippen molar-refractivity contribution >= 4 is 23.3 Å². The maximum Gasteiger partial charge on any atom is 0.170 e. The molecule has 0 spiro atoms. The molecule has 0 saturated carbocycles. The summed E-state index contributed by atoms with van der Waals surface area (Å²) >= 11 is 1.64. The highest BCUT2D eigenvalue weighted by Crippen LogP contribution is 2.27. The van der Waals surface area contributed by atoms with Gasteiger partial charge in [0.1, 0.15) is 11.4 Å². The van der Waals surface area contributed by atoms with Crippen LogP contribution in [-0.2, 0) is 0 Å². The fourth-order valence-corrected chi connectivity index (χ4v) is 2.62. The number of fused-ring (bicyclic) bond motifs is 1. The summed E-state index contributed by atoms with van der Waals surface area (Å²) in [5.41, 5.74) is 3.21. The van der Waals surface area contributed by atoms with Gasteiger partial charge in [-0.25, -0.2) is 9.50 Å². The molecule has 84 valence electrons. The lowest BCUT2D eigenvalue weighted by Gasteiger charge is -2.00. The average molecular weight is 243 g/mol. The summed E-state index contributed by atoms with van der Waals surface area (Å²) in [6.07, 6.45) is 2.29. The van der Waals surface area contributed by atoms with Crippen LogP contribution in [0.5, 0.6) is 0 Å². The molecule has 0 unspecified atom stereocenters. The Balaban J connectivity index is 2.25. The van der Waals surface area contributed by atoms with Crippen molar-refractivity contribution in [3.05, 3.63) is 41.0 Å². The molecule has 0 N–H and O–H groups in total. The van der Waals surface area contributed by atoms with E-state index in [0.29, 0.717) is 11.3 Å². The Kier molecular flexibility index (Phi) is 2.26. The summed E-state index contributed by atoms with van der Waals surface area (Å²) < 4.78 is 1.57. The van der Waals surface area contributed by atoms with E-state index < -0.39 is 0 Å². The maximum atomic E-state index is 10.8. The van der Waals surface area contributed by atoms with Gasteiger partial charge >= 0.3 is 0 Å². The minimum absolute atomic E-state index is 0.469. The number of aryl methyl sites for hydroxylation is 1. The van der Waals surface area contributed by atoms with Crippen molar-refractivity contribution in [2.45, 2.75) is 6.92 Å². The van der Waals surface area contributed by atoms with Crippen molar-refractivity contribution in [1.29, 1.82) is 0 Å². The molecule has 4 nitrogen and oxygen atoms in total. The molecule has 0 fully saturated rings. The van der Waals surface area contributed by atoms with Crippen LogP contribution >= 0.6 is 11.3 Å². The van der Waals surface area contributed by atoms with Gasteiger partial charge in [0.2, 0.25) is 0 Å². The summed E-state index contributed by atoms with van der Waals surface area (Å²) in [6, 6.07) is 5.85. The standard InChI is InChI=1S/C12H9N3OS/c1-8-4-5-17-12(8)10-2-3-11-13-6-9(7-16)15(11)14-10/h2-7H,1H3. The summed E-state index contributed by atoms with van der Waals surface area (Å²) in [7, 11) is 0. The van der Waals surface area contributed by atoms with Crippen molar-refractivity contribution in [3.8, 4) is 10.6 Å². The van der Waals surface area contributed by atoms with Crippen molar-refractivity contribution in [1.82, 2.24) is 14.6 Å². The van der Waals surface area contributed by atoms with Gasteiger partial charge in [0.05, 0.1) is 11.1 Å². The zero-order chi connectivity index (χ0) is 11.8. The van der Waals surface area contributed by atoms with Crippen LogP contribution in [0.2, 0.25) is 0 Å². The van der Waals surface area contributed by atoms with E-state index >= 15 is 0 Å². The Morgan fingerprint density at radius 1 is 1.35 bits per heavy atom. The third-order valence-corrected chi connectivity index (χ3v) is 3.64. The summed E-state index contributed by atoms with van der Waals surface area (Å²) in [4.78, 5) is 16.1. The van der Waals surface area contributed by atoms with E-state index in [9.17, 15) is 4.79 Å². The first-order valence-electron chi connectivity index (χ1n) is 5.14. The quantitative estimate of drug-likeness (QED) is 0.650. The lowest BCUT2D eigenvalue weighted by Crippen LogP contribution is -1.97. The first kappa shape index (κ1) is 10.2. The van der Waals surface area contributed by atoms with Crippen LogP contribution in [0.4, 0.5) is 0 Å². The van der Waals surface area contributed by atoms with Gasteiger partial charge in [0.25, 0.3) is 0 Å².